The van der Waals surface area contributed by atoms with E-state index in [1.54, 1.807) is 30.4 Å². The van der Waals surface area contributed by atoms with Crippen LogP contribution in [-0.2, 0) is 4.84 Å². The summed E-state index contributed by atoms with van der Waals surface area (Å²) in [7, 11) is 5.29. The van der Waals surface area contributed by atoms with E-state index >= 15 is 0 Å². The van der Waals surface area contributed by atoms with Gasteiger partial charge in [-0.3, -0.25) is 4.79 Å². The molecule has 1 heterocycles. The van der Waals surface area contributed by atoms with E-state index < -0.39 is 0 Å². The highest BCUT2D eigenvalue weighted by molar-refractivity contribution is 5.81. The van der Waals surface area contributed by atoms with Crippen molar-refractivity contribution in [2.24, 2.45) is 0 Å². The molecule has 0 saturated carbocycles. The molecule has 2 rings (SSSR count). The summed E-state index contributed by atoms with van der Waals surface area (Å²) in [5.74, 6) is 1.21. The van der Waals surface area contributed by atoms with Crippen LogP contribution >= 0.6 is 0 Å². The molecule has 0 aliphatic carbocycles. The fraction of sp³-hybridized carbons (Fsp3) is 0.364. The van der Waals surface area contributed by atoms with E-state index in [2.05, 4.69) is 4.84 Å². The van der Waals surface area contributed by atoms with Crippen LogP contribution in [0.1, 0.15) is 10.4 Å². The lowest BCUT2D eigenvalue weighted by Gasteiger charge is -2.01. The number of fused-ring (bicyclic) bond motifs is 1. The number of carbonyl (C=O) groups is 1. The second kappa shape index (κ2) is 6.09. The van der Waals surface area contributed by atoms with Crippen LogP contribution < -0.4 is 9.47 Å². The highest BCUT2D eigenvalue weighted by atomic mass is 16.7. The first-order valence-electron chi connectivity index (χ1n) is 4.74. The molecule has 0 saturated heterocycles. The maximum absolute atomic E-state index is 10.4. The Bertz CT molecular complexity index is 352. The lowest BCUT2D eigenvalue weighted by Crippen LogP contribution is -2.07. The van der Waals surface area contributed by atoms with Crippen molar-refractivity contribution in [1.29, 1.82) is 0 Å². The number of hydroxylamine groups is 2. The van der Waals surface area contributed by atoms with Gasteiger partial charge in [-0.15, -0.1) is 0 Å². The Kier molecular flexibility index (Phi) is 4.75. The third-order valence-corrected chi connectivity index (χ3v) is 1.92. The average molecular weight is 225 g/mol. The lowest BCUT2D eigenvalue weighted by molar-refractivity contribution is -0.0855. The van der Waals surface area contributed by atoms with Crippen LogP contribution in [0.5, 0.6) is 11.5 Å². The quantitative estimate of drug-likeness (QED) is 0.561. The Morgan fingerprint density at radius 3 is 2.62 bits per heavy atom. The molecule has 16 heavy (non-hydrogen) atoms. The Balaban J connectivity index is 0.000000221. The van der Waals surface area contributed by atoms with E-state index in [4.69, 9.17) is 9.47 Å². The Labute approximate surface area is 94.5 Å². The maximum Gasteiger partial charge on any atom is 0.231 e. The lowest BCUT2D eigenvalue weighted by atomic mass is 10.2. The van der Waals surface area contributed by atoms with Gasteiger partial charge in [0.2, 0.25) is 6.79 Å². The smallest absolute Gasteiger partial charge is 0.231 e. The predicted octanol–water partition coefficient (Wildman–Crippen LogP) is 1.34. The van der Waals surface area contributed by atoms with Crippen molar-refractivity contribution in [2.45, 2.75) is 0 Å². The summed E-state index contributed by atoms with van der Waals surface area (Å²) in [4.78, 5) is 15.0. The zero-order valence-corrected chi connectivity index (χ0v) is 9.60. The van der Waals surface area contributed by atoms with Crippen LogP contribution in [0, 0.1) is 0 Å². The summed E-state index contributed by atoms with van der Waals surface area (Å²) < 4.78 is 10.1. The van der Waals surface area contributed by atoms with Crippen molar-refractivity contribution in [3.05, 3.63) is 23.8 Å². The summed E-state index contributed by atoms with van der Waals surface area (Å²) >= 11 is 0. The van der Waals surface area contributed by atoms with E-state index in [-0.39, 0.29) is 6.79 Å². The molecular formula is C11H15NO4. The van der Waals surface area contributed by atoms with Gasteiger partial charge < -0.3 is 14.3 Å². The van der Waals surface area contributed by atoms with Gasteiger partial charge in [-0.1, -0.05) is 6.07 Å². The predicted molar refractivity (Wildman–Crippen MR) is 58.6 cm³/mol. The standard InChI is InChI=1S/C8H6O3.C3H9NO/c9-4-6-2-1-3-7-8(6)11-5-10-7;1-4(2)5-3/h1-4H,5H2;1-3H3. The van der Waals surface area contributed by atoms with E-state index in [0.29, 0.717) is 17.1 Å². The van der Waals surface area contributed by atoms with Crippen molar-refractivity contribution in [1.82, 2.24) is 5.06 Å². The Hall–Kier alpha value is -1.59. The number of aldehydes is 1. The fourth-order valence-electron chi connectivity index (χ4n) is 1.05. The zero-order valence-electron chi connectivity index (χ0n) is 9.60. The number of benzene rings is 1. The molecule has 0 spiro atoms. The number of carbonyl (C=O) groups excluding carboxylic acids is 1. The topological polar surface area (TPSA) is 48.0 Å². The van der Waals surface area contributed by atoms with Gasteiger partial charge in [0.05, 0.1) is 12.7 Å². The molecule has 88 valence electrons. The minimum absolute atomic E-state index is 0.209. The third kappa shape index (κ3) is 3.22. The summed E-state index contributed by atoms with van der Waals surface area (Å²) in [6.07, 6.45) is 0.757. The highest BCUT2D eigenvalue weighted by Gasteiger charge is 2.15. The molecule has 0 radical (unpaired) electrons. The van der Waals surface area contributed by atoms with E-state index in [1.807, 2.05) is 14.1 Å². The number of hydrogen-bond acceptors (Lipinski definition) is 5. The van der Waals surface area contributed by atoms with Gasteiger partial charge >= 0.3 is 0 Å². The largest absolute Gasteiger partial charge is 0.454 e. The van der Waals surface area contributed by atoms with Crippen molar-refractivity contribution in [3.8, 4) is 11.5 Å². The van der Waals surface area contributed by atoms with Crippen molar-refractivity contribution in [3.63, 3.8) is 0 Å². The second-order valence-corrected chi connectivity index (χ2v) is 3.19. The molecule has 5 heteroatoms. The number of para-hydroxylation sites is 1. The SMILES string of the molecule is CON(C)C.O=Cc1cccc2c1OCO2. The van der Waals surface area contributed by atoms with E-state index in [9.17, 15) is 4.79 Å². The second-order valence-electron chi connectivity index (χ2n) is 3.19. The first-order valence-corrected chi connectivity index (χ1v) is 4.74. The first-order chi connectivity index (χ1) is 7.69. The summed E-state index contributed by atoms with van der Waals surface area (Å²) in [5.41, 5.74) is 0.542. The highest BCUT2D eigenvalue weighted by Crippen LogP contribution is 2.33. The summed E-state index contributed by atoms with van der Waals surface area (Å²) in [6.45, 7) is 0.209. The molecule has 1 aromatic carbocycles. The van der Waals surface area contributed by atoms with Gasteiger partial charge in [0.1, 0.15) is 0 Å². The van der Waals surface area contributed by atoms with Crippen LogP contribution in [0.15, 0.2) is 18.2 Å². The van der Waals surface area contributed by atoms with Gasteiger partial charge in [0.15, 0.2) is 17.8 Å². The molecule has 1 aliphatic rings. The van der Waals surface area contributed by atoms with Gasteiger partial charge in [0.25, 0.3) is 0 Å². The Morgan fingerprint density at radius 1 is 1.38 bits per heavy atom. The minimum Gasteiger partial charge on any atom is -0.454 e. The summed E-state index contributed by atoms with van der Waals surface area (Å²) in [5, 5.41) is 1.62. The summed E-state index contributed by atoms with van der Waals surface area (Å²) in [6, 6.07) is 5.23. The molecule has 1 aromatic rings. The van der Waals surface area contributed by atoms with Gasteiger partial charge in [-0.05, 0) is 12.1 Å². The number of ether oxygens (including phenoxy) is 2. The van der Waals surface area contributed by atoms with Crippen LogP contribution in [0.25, 0.3) is 0 Å². The van der Waals surface area contributed by atoms with E-state index in [1.165, 1.54) is 0 Å². The molecule has 0 atom stereocenters. The van der Waals surface area contributed by atoms with Gasteiger partial charge in [-0.2, -0.15) is 5.06 Å². The molecular weight excluding hydrogens is 210 g/mol. The van der Waals surface area contributed by atoms with Crippen molar-refractivity contribution >= 4 is 6.29 Å². The third-order valence-electron chi connectivity index (χ3n) is 1.92. The molecule has 0 unspecified atom stereocenters. The number of nitrogens with zero attached hydrogens (tertiary/aromatic N) is 1. The normalized spacial score (nSPS) is 12.0. The van der Waals surface area contributed by atoms with Gasteiger partial charge in [-0.25, -0.2) is 0 Å². The molecule has 0 fully saturated rings. The van der Waals surface area contributed by atoms with Crippen molar-refractivity contribution < 1.29 is 19.1 Å². The van der Waals surface area contributed by atoms with Crippen LogP contribution in [0.4, 0.5) is 0 Å². The molecule has 1 aliphatic heterocycles. The fourth-order valence-corrected chi connectivity index (χ4v) is 1.05. The molecule has 5 nitrogen and oxygen atoms in total. The monoisotopic (exact) mass is 225 g/mol. The zero-order chi connectivity index (χ0) is 12.0. The Morgan fingerprint density at radius 2 is 2.06 bits per heavy atom. The maximum atomic E-state index is 10.4. The minimum atomic E-state index is 0.209. The number of rotatable bonds is 2. The van der Waals surface area contributed by atoms with Crippen molar-refractivity contribution in [2.75, 3.05) is 28.0 Å². The van der Waals surface area contributed by atoms with Crippen LogP contribution in [0.3, 0.4) is 0 Å². The molecule has 0 aromatic heterocycles. The first kappa shape index (κ1) is 12.5. The van der Waals surface area contributed by atoms with Gasteiger partial charge in [0, 0.05) is 14.1 Å². The van der Waals surface area contributed by atoms with E-state index in [0.717, 1.165) is 6.29 Å². The molecule has 0 bridgehead atoms. The van der Waals surface area contributed by atoms with Crippen LogP contribution in [-0.4, -0.2) is 39.3 Å². The molecule has 0 amide bonds. The number of hydrogen-bond donors (Lipinski definition) is 0. The van der Waals surface area contributed by atoms with Crippen LogP contribution in [0.2, 0.25) is 0 Å². The molecule has 0 N–H and O–H groups in total. The average Bonchev–Trinajstić information content (AvgIpc) is 2.77.